The van der Waals surface area contributed by atoms with E-state index in [9.17, 15) is 0 Å². The van der Waals surface area contributed by atoms with Gasteiger partial charge in [-0.3, -0.25) is 0 Å². The predicted octanol–water partition coefficient (Wildman–Crippen LogP) is 2.91. The third kappa shape index (κ3) is 2.90. The van der Waals surface area contributed by atoms with Crippen molar-refractivity contribution in [1.29, 1.82) is 0 Å². The van der Waals surface area contributed by atoms with Crippen LogP contribution in [0.3, 0.4) is 0 Å². The van der Waals surface area contributed by atoms with Crippen molar-refractivity contribution in [3.8, 4) is 11.3 Å². The molecular weight excluding hydrogens is 254 g/mol. The van der Waals surface area contributed by atoms with Gasteiger partial charge in [-0.25, -0.2) is 0 Å². The Labute approximate surface area is 109 Å². The van der Waals surface area contributed by atoms with Crippen molar-refractivity contribution in [2.24, 2.45) is 0 Å². The number of hydrogen-bond donors (Lipinski definition) is 0. The Balaban J connectivity index is 1.62. The van der Waals surface area contributed by atoms with E-state index in [0.717, 1.165) is 17.9 Å². The normalized spacial score (nSPS) is 17.9. The minimum Gasteiger partial charge on any atom is -0.371 e. The second kappa shape index (κ2) is 5.10. The molecule has 1 aromatic heterocycles. The van der Waals surface area contributed by atoms with Crippen LogP contribution >= 0.6 is 11.6 Å². The molecule has 1 unspecified atom stereocenters. The Morgan fingerprint density at radius 3 is 2.83 bits per heavy atom. The second-order valence-corrected chi connectivity index (χ2v) is 4.59. The SMILES string of the molecule is Clc1ccc(-c2cc(COCC3CO3)on2)cc1. The van der Waals surface area contributed by atoms with Gasteiger partial charge in [-0.2, -0.15) is 0 Å². The Morgan fingerprint density at radius 2 is 2.11 bits per heavy atom. The van der Waals surface area contributed by atoms with Gasteiger partial charge in [0.05, 0.1) is 13.2 Å². The maximum atomic E-state index is 5.83. The highest BCUT2D eigenvalue weighted by molar-refractivity contribution is 6.30. The van der Waals surface area contributed by atoms with Crippen LogP contribution in [-0.4, -0.2) is 24.5 Å². The van der Waals surface area contributed by atoms with E-state index in [4.69, 9.17) is 25.6 Å². The molecule has 2 heterocycles. The maximum Gasteiger partial charge on any atom is 0.163 e. The van der Waals surface area contributed by atoms with E-state index in [2.05, 4.69) is 5.16 Å². The van der Waals surface area contributed by atoms with E-state index in [1.54, 1.807) is 0 Å². The summed E-state index contributed by atoms with van der Waals surface area (Å²) in [7, 11) is 0. The lowest BCUT2D eigenvalue weighted by molar-refractivity contribution is 0.0872. The summed E-state index contributed by atoms with van der Waals surface area (Å²) in [6.07, 6.45) is 0.267. The maximum absolute atomic E-state index is 5.83. The molecule has 0 N–H and O–H groups in total. The lowest BCUT2D eigenvalue weighted by Crippen LogP contribution is -2.00. The Morgan fingerprint density at radius 1 is 1.33 bits per heavy atom. The molecule has 0 radical (unpaired) electrons. The van der Waals surface area contributed by atoms with Gasteiger partial charge in [-0.1, -0.05) is 28.9 Å². The molecule has 1 aliphatic rings. The highest BCUT2D eigenvalue weighted by atomic mass is 35.5. The highest BCUT2D eigenvalue weighted by Gasteiger charge is 2.22. The third-order valence-corrected chi connectivity index (χ3v) is 2.90. The van der Waals surface area contributed by atoms with Gasteiger partial charge in [-0.15, -0.1) is 0 Å². The van der Waals surface area contributed by atoms with E-state index in [1.807, 2.05) is 30.3 Å². The summed E-state index contributed by atoms with van der Waals surface area (Å²) >= 11 is 5.83. The third-order valence-electron chi connectivity index (χ3n) is 2.65. The van der Waals surface area contributed by atoms with Gasteiger partial charge in [-0.05, 0) is 12.1 Å². The number of halogens is 1. The summed E-state index contributed by atoms with van der Waals surface area (Å²) in [5.74, 6) is 0.709. The number of ether oxygens (including phenoxy) is 2. The van der Waals surface area contributed by atoms with Crippen LogP contribution in [0, 0.1) is 0 Å². The number of benzene rings is 1. The molecule has 0 bridgehead atoms. The molecular formula is C13H12ClNO3. The molecule has 4 nitrogen and oxygen atoms in total. The zero-order valence-corrected chi connectivity index (χ0v) is 10.4. The van der Waals surface area contributed by atoms with Crippen LogP contribution < -0.4 is 0 Å². The molecule has 1 fully saturated rings. The molecule has 1 atom stereocenters. The molecule has 0 amide bonds. The second-order valence-electron chi connectivity index (χ2n) is 4.16. The van der Waals surface area contributed by atoms with Gasteiger partial charge < -0.3 is 14.0 Å². The monoisotopic (exact) mass is 265 g/mol. The van der Waals surface area contributed by atoms with Gasteiger partial charge in [0, 0.05) is 16.7 Å². The molecule has 0 spiro atoms. The van der Waals surface area contributed by atoms with Crippen molar-refractivity contribution in [2.75, 3.05) is 13.2 Å². The topological polar surface area (TPSA) is 47.8 Å². The van der Waals surface area contributed by atoms with Crippen LogP contribution in [0.25, 0.3) is 11.3 Å². The van der Waals surface area contributed by atoms with Crippen molar-refractivity contribution in [3.05, 3.63) is 41.1 Å². The van der Waals surface area contributed by atoms with Crippen molar-refractivity contribution in [2.45, 2.75) is 12.7 Å². The standard InChI is InChI=1S/C13H12ClNO3/c14-10-3-1-9(2-4-10)13-5-11(18-15-13)6-16-7-12-8-17-12/h1-5,12H,6-8H2. The summed E-state index contributed by atoms with van der Waals surface area (Å²) in [5, 5.41) is 4.70. The first kappa shape index (κ1) is 11.7. The molecule has 1 aromatic carbocycles. The van der Waals surface area contributed by atoms with Gasteiger partial charge in [0.15, 0.2) is 5.76 Å². The lowest BCUT2D eigenvalue weighted by Gasteiger charge is -1.96. The van der Waals surface area contributed by atoms with Crippen molar-refractivity contribution in [3.63, 3.8) is 0 Å². The van der Waals surface area contributed by atoms with Crippen LogP contribution in [0.5, 0.6) is 0 Å². The molecule has 94 valence electrons. The number of epoxide rings is 1. The minimum atomic E-state index is 0.267. The van der Waals surface area contributed by atoms with Crippen LogP contribution in [0.1, 0.15) is 5.76 Å². The number of rotatable bonds is 5. The first-order valence-corrected chi connectivity index (χ1v) is 6.10. The smallest absolute Gasteiger partial charge is 0.163 e. The Hall–Kier alpha value is -1.36. The van der Waals surface area contributed by atoms with Gasteiger partial charge in [0.2, 0.25) is 0 Å². The van der Waals surface area contributed by atoms with E-state index < -0.39 is 0 Å². The fourth-order valence-electron chi connectivity index (χ4n) is 1.59. The Bertz CT molecular complexity index is 519. The summed E-state index contributed by atoms with van der Waals surface area (Å²) in [4.78, 5) is 0. The van der Waals surface area contributed by atoms with Gasteiger partial charge >= 0.3 is 0 Å². The molecule has 0 saturated carbocycles. The molecule has 5 heteroatoms. The lowest BCUT2D eigenvalue weighted by atomic mass is 10.1. The number of hydrogen-bond acceptors (Lipinski definition) is 4. The van der Waals surface area contributed by atoms with E-state index in [-0.39, 0.29) is 6.10 Å². The van der Waals surface area contributed by atoms with Crippen molar-refractivity contribution in [1.82, 2.24) is 5.16 Å². The van der Waals surface area contributed by atoms with Gasteiger partial charge in [0.25, 0.3) is 0 Å². The quantitative estimate of drug-likeness (QED) is 0.780. The number of aromatic nitrogens is 1. The first-order valence-electron chi connectivity index (χ1n) is 5.72. The molecule has 18 heavy (non-hydrogen) atoms. The number of nitrogens with zero attached hydrogens (tertiary/aromatic N) is 1. The molecule has 0 aliphatic carbocycles. The molecule has 1 saturated heterocycles. The molecule has 2 aromatic rings. The highest BCUT2D eigenvalue weighted by Crippen LogP contribution is 2.21. The van der Waals surface area contributed by atoms with E-state index >= 15 is 0 Å². The minimum absolute atomic E-state index is 0.267. The van der Waals surface area contributed by atoms with Crippen molar-refractivity contribution < 1.29 is 14.0 Å². The summed E-state index contributed by atoms with van der Waals surface area (Å²) in [6, 6.07) is 9.33. The fourth-order valence-corrected chi connectivity index (χ4v) is 1.72. The van der Waals surface area contributed by atoms with E-state index in [0.29, 0.717) is 24.0 Å². The fraction of sp³-hybridized carbons (Fsp3) is 0.308. The zero-order chi connectivity index (χ0) is 12.4. The molecule has 3 rings (SSSR count). The predicted molar refractivity (Wildman–Crippen MR) is 66.3 cm³/mol. The van der Waals surface area contributed by atoms with Crippen LogP contribution in [-0.2, 0) is 16.1 Å². The Kier molecular flexibility index (Phi) is 3.32. The first-order chi connectivity index (χ1) is 8.81. The summed E-state index contributed by atoms with van der Waals surface area (Å²) in [5.41, 5.74) is 1.76. The average Bonchev–Trinajstić information content (AvgIpc) is 3.08. The average molecular weight is 266 g/mol. The van der Waals surface area contributed by atoms with Gasteiger partial charge in [0.1, 0.15) is 18.4 Å². The van der Waals surface area contributed by atoms with Crippen molar-refractivity contribution >= 4 is 11.6 Å². The molecule has 1 aliphatic heterocycles. The van der Waals surface area contributed by atoms with Crippen LogP contribution in [0.15, 0.2) is 34.9 Å². The van der Waals surface area contributed by atoms with Crippen LogP contribution in [0.2, 0.25) is 5.02 Å². The largest absolute Gasteiger partial charge is 0.371 e. The summed E-state index contributed by atoms with van der Waals surface area (Å²) in [6.45, 7) is 1.82. The summed E-state index contributed by atoms with van der Waals surface area (Å²) < 4.78 is 15.7. The zero-order valence-electron chi connectivity index (χ0n) is 9.64. The van der Waals surface area contributed by atoms with Crippen LogP contribution in [0.4, 0.5) is 0 Å². The van der Waals surface area contributed by atoms with E-state index in [1.165, 1.54) is 0 Å².